The normalized spacial score (nSPS) is 12.7. The van der Waals surface area contributed by atoms with Crippen LogP contribution in [0, 0.1) is 0 Å². The number of hydrogen-bond donors (Lipinski definition) is 1. The number of benzene rings is 2. The van der Waals surface area contributed by atoms with Crippen molar-refractivity contribution in [2.24, 2.45) is 0 Å². The third-order valence-electron chi connectivity index (χ3n) is 4.20. The standard InChI is InChI=1S/C20H18N2O5/c1-22(2)20(24)18-11-13-9-14(4-6-15(13)27-18)21-19(23)12-3-5-16-17(10-12)26-8-7-25-16/h3-6,9-11H,7-8H2,1-2H3,(H,21,23). The molecule has 1 aromatic heterocycles. The number of nitrogens with one attached hydrogen (secondary N) is 1. The SMILES string of the molecule is CN(C)C(=O)c1cc2cc(NC(=O)c3ccc4c(c3)OCCO4)ccc2o1. The van der Waals surface area contributed by atoms with Gasteiger partial charge in [0.15, 0.2) is 17.3 Å². The van der Waals surface area contributed by atoms with Gasteiger partial charge < -0.3 is 24.1 Å². The van der Waals surface area contributed by atoms with Crippen LogP contribution in [0.1, 0.15) is 20.9 Å². The summed E-state index contributed by atoms with van der Waals surface area (Å²) in [6.45, 7) is 0.963. The third kappa shape index (κ3) is 3.31. The number of furan rings is 1. The Morgan fingerprint density at radius 3 is 2.52 bits per heavy atom. The fourth-order valence-corrected chi connectivity index (χ4v) is 2.83. The topological polar surface area (TPSA) is 81.0 Å². The molecule has 2 heterocycles. The zero-order valence-electron chi connectivity index (χ0n) is 14.9. The number of nitrogens with zero attached hydrogens (tertiary/aromatic N) is 1. The van der Waals surface area contributed by atoms with Gasteiger partial charge in [0.1, 0.15) is 18.8 Å². The molecule has 4 rings (SSSR count). The first kappa shape index (κ1) is 17.0. The fourth-order valence-electron chi connectivity index (χ4n) is 2.83. The number of amides is 2. The van der Waals surface area contributed by atoms with Crippen molar-refractivity contribution in [3.05, 3.63) is 53.8 Å². The molecule has 27 heavy (non-hydrogen) atoms. The van der Waals surface area contributed by atoms with Gasteiger partial charge in [-0.15, -0.1) is 0 Å². The molecule has 0 spiro atoms. The highest BCUT2D eigenvalue weighted by Crippen LogP contribution is 2.31. The molecule has 2 aromatic carbocycles. The fraction of sp³-hybridized carbons (Fsp3) is 0.200. The van der Waals surface area contributed by atoms with E-state index in [9.17, 15) is 9.59 Å². The summed E-state index contributed by atoms with van der Waals surface area (Å²) in [4.78, 5) is 26.0. The lowest BCUT2D eigenvalue weighted by molar-refractivity contribution is 0.0799. The van der Waals surface area contributed by atoms with E-state index < -0.39 is 0 Å². The first-order valence-electron chi connectivity index (χ1n) is 8.47. The van der Waals surface area contributed by atoms with Crippen LogP contribution in [0.2, 0.25) is 0 Å². The average molecular weight is 366 g/mol. The Bertz CT molecular complexity index is 1040. The molecule has 0 saturated heterocycles. The van der Waals surface area contributed by atoms with Crippen molar-refractivity contribution in [1.29, 1.82) is 0 Å². The van der Waals surface area contributed by atoms with E-state index in [4.69, 9.17) is 13.9 Å². The summed E-state index contributed by atoms with van der Waals surface area (Å²) in [6, 6.07) is 12.0. The van der Waals surface area contributed by atoms with Crippen LogP contribution in [-0.2, 0) is 0 Å². The molecule has 0 radical (unpaired) electrons. The Labute approximate surface area is 155 Å². The van der Waals surface area contributed by atoms with Gasteiger partial charge in [0.05, 0.1) is 0 Å². The number of rotatable bonds is 3. The molecular formula is C20H18N2O5. The molecular weight excluding hydrogens is 348 g/mol. The number of carbonyl (C=O) groups excluding carboxylic acids is 2. The van der Waals surface area contributed by atoms with Gasteiger partial charge in [-0.3, -0.25) is 9.59 Å². The zero-order chi connectivity index (χ0) is 19.0. The van der Waals surface area contributed by atoms with Gasteiger partial charge in [0.25, 0.3) is 11.8 Å². The van der Waals surface area contributed by atoms with E-state index in [2.05, 4.69) is 5.32 Å². The van der Waals surface area contributed by atoms with E-state index in [1.54, 1.807) is 56.6 Å². The Morgan fingerprint density at radius 1 is 0.963 bits per heavy atom. The largest absolute Gasteiger partial charge is 0.486 e. The van der Waals surface area contributed by atoms with Gasteiger partial charge >= 0.3 is 0 Å². The van der Waals surface area contributed by atoms with Crippen molar-refractivity contribution in [2.45, 2.75) is 0 Å². The molecule has 0 bridgehead atoms. The van der Waals surface area contributed by atoms with Crippen LogP contribution in [0.5, 0.6) is 11.5 Å². The molecule has 1 N–H and O–H groups in total. The highest BCUT2D eigenvalue weighted by Gasteiger charge is 2.17. The monoisotopic (exact) mass is 366 g/mol. The molecule has 7 nitrogen and oxygen atoms in total. The zero-order valence-corrected chi connectivity index (χ0v) is 14.9. The maximum absolute atomic E-state index is 12.5. The molecule has 0 unspecified atom stereocenters. The lowest BCUT2D eigenvalue weighted by atomic mass is 10.1. The van der Waals surface area contributed by atoms with Gasteiger partial charge in [0, 0.05) is 30.7 Å². The quantitative estimate of drug-likeness (QED) is 0.770. The van der Waals surface area contributed by atoms with Crippen LogP contribution in [0.25, 0.3) is 11.0 Å². The van der Waals surface area contributed by atoms with Crippen LogP contribution >= 0.6 is 0 Å². The van der Waals surface area contributed by atoms with Crippen LogP contribution in [0.15, 0.2) is 46.9 Å². The predicted molar refractivity (Wildman–Crippen MR) is 99.6 cm³/mol. The Kier molecular flexibility index (Phi) is 4.19. The minimum Gasteiger partial charge on any atom is -0.486 e. The van der Waals surface area contributed by atoms with Gasteiger partial charge in [-0.1, -0.05) is 0 Å². The number of hydrogen-bond acceptors (Lipinski definition) is 5. The molecule has 0 fully saturated rings. The van der Waals surface area contributed by atoms with Crippen LogP contribution in [0.3, 0.4) is 0 Å². The summed E-state index contributed by atoms with van der Waals surface area (Å²) in [6.07, 6.45) is 0. The molecule has 138 valence electrons. The lowest BCUT2D eigenvalue weighted by Gasteiger charge is -2.18. The number of carbonyl (C=O) groups is 2. The van der Waals surface area contributed by atoms with E-state index in [1.807, 2.05) is 0 Å². The number of ether oxygens (including phenoxy) is 2. The van der Waals surface area contributed by atoms with Crippen LogP contribution in [-0.4, -0.2) is 44.0 Å². The summed E-state index contributed by atoms with van der Waals surface area (Å²) in [5.74, 6) is 0.972. The van der Waals surface area contributed by atoms with Gasteiger partial charge in [-0.25, -0.2) is 0 Å². The third-order valence-corrected chi connectivity index (χ3v) is 4.20. The predicted octanol–water partition coefficient (Wildman–Crippen LogP) is 3.16. The highest BCUT2D eigenvalue weighted by atomic mass is 16.6. The summed E-state index contributed by atoms with van der Waals surface area (Å²) < 4.78 is 16.5. The van der Waals surface area contributed by atoms with E-state index in [0.29, 0.717) is 41.5 Å². The van der Waals surface area contributed by atoms with E-state index in [-0.39, 0.29) is 17.6 Å². The summed E-state index contributed by atoms with van der Waals surface area (Å²) >= 11 is 0. The second-order valence-corrected chi connectivity index (χ2v) is 6.38. The van der Waals surface area contributed by atoms with Crippen molar-refractivity contribution in [2.75, 3.05) is 32.6 Å². The van der Waals surface area contributed by atoms with Gasteiger partial charge in [-0.2, -0.15) is 0 Å². The van der Waals surface area contributed by atoms with E-state index in [1.165, 1.54) is 4.90 Å². The molecule has 0 atom stereocenters. The van der Waals surface area contributed by atoms with Crippen molar-refractivity contribution in [3.63, 3.8) is 0 Å². The van der Waals surface area contributed by atoms with E-state index >= 15 is 0 Å². The summed E-state index contributed by atoms with van der Waals surface area (Å²) in [5.41, 5.74) is 1.65. The molecule has 1 aliphatic rings. The molecule has 0 aliphatic carbocycles. The molecule has 1 aliphatic heterocycles. The lowest BCUT2D eigenvalue weighted by Crippen LogP contribution is -2.20. The molecule has 2 amide bonds. The van der Waals surface area contributed by atoms with Crippen molar-refractivity contribution < 1.29 is 23.5 Å². The summed E-state index contributed by atoms with van der Waals surface area (Å²) in [5, 5.41) is 3.58. The van der Waals surface area contributed by atoms with Gasteiger partial charge in [-0.05, 0) is 42.5 Å². The second kappa shape index (κ2) is 6.68. The number of anilines is 1. The van der Waals surface area contributed by atoms with E-state index in [0.717, 1.165) is 5.39 Å². The Hall–Kier alpha value is -3.48. The minimum absolute atomic E-state index is 0.215. The second-order valence-electron chi connectivity index (χ2n) is 6.38. The van der Waals surface area contributed by atoms with Crippen molar-refractivity contribution in [3.8, 4) is 11.5 Å². The van der Waals surface area contributed by atoms with Crippen molar-refractivity contribution >= 4 is 28.5 Å². The Morgan fingerprint density at radius 2 is 1.74 bits per heavy atom. The highest BCUT2D eigenvalue weighted by molar-refractivity contribution is 6.05. The van der Waals surface area contributed by atoms with Crippen LogP contribution in [0.4, 0.5) is 5.69 Å². The number of fused-ring (bicyclic) bond motifs is 2. The van der Waals surface area contributed by atoms with Crippen LogP contribution < -0.4 is 14.8 Å². The maximum atomic E-state index is 12.5. The molecule has 0 saturated carbocycles. The maximum Gasteiger partial charge on any atom is 0.289 e. The average Bonchev–Trinajstić information content (AvgIpc) is 3.10. The van der Waals surface area contributed by atoms with Gasteiger partial charge in [0.2, 0.25) is 0 Å². The minimum atomic E-state index is -0.264. The molecule has 3 aromatic rings. The van der Waals surface area contributed by atoms with Crippen molar-refractivity contribution in [1.82, 2.24) is 4.90 Å². The Balaban J connectivity index is 1.56. The summed E-state index contributed by atoms with van der Waals surface area (Å²) in [7, 11) is 3.32. The first-order chi connectivity index (χ1) is 13.0. The molecule has 7 heteroatoms. The smallest absolute Gasteiger partial charge is 0.289 e. The first-order valence-corrected chi connectivity index (χ1v) is 8.47.